The van der Waals surface area contributed by atoms with E-state index < -0.39 is 12.3 Å². The van der Waals surface area contributed by atoms with Crippen molar-refractivity contribution >= 4 is 28.4 Å². The van der Waals surface area contributed by atoms with Gasteiger partial charge < -0.3 is 15.8 Å². The number of nitrogens with two attached hydrogens (primary N) is 1. The number of ether oxygens (including phenoxy) is 1. The smallest absolute Gasteiger partial charge is 0.406 e. The van der Waals surface area contributed by atoms with Crippen molar-refractivity contribution in [3.05, 3.63) is 36.3 Å². The Balaban J connectivity index is 1.62. The largest absolute Gasteiger partial charge is 0.573 e. The molecule has 1 aliphatic carbocycles. The number of halogens is 3. The molecule has 1 aromatic carbocycles. The zero-order valence-corrected chi connectivity index (χ0v) is 15.1. The van der Waals surface area contributed by atoms with Gasteiger partial charge in [0.15, 0.2) is 11.3 Å². The number of hydrogen-bond donors (Lipinski definition) is 2. The summed E-state index contributed by atoms with van der Waals surface area (Å²) >= 11 is 0. The molecule has 8 nitrogen and oxygen atoms in total. The van der Waals surface area contributed by atoms with E-state index in [1.807, 2.05) is 0 Å². The second-order valence-corrected chi connectivity index (χ2v) is 6.72. The SMILES string of the molecule is Nc1ncnc2c1c(C(=O)Nc1ccc(OC(F)(F)F)cc1)nn2C1CCCC1. The molecule has 0 aliphatic heterocycles. The van der Waals surface area contributed by atoms with Crippen LogP contribution < -0.4 is 15.8 Å². The van der Waals surface area contributed by atoms with Gasteiger partial charge in [0.1, 0.15) is 17.9 Å². The van der Waals surface area contributed by atoms with E-state index in [2.05, 4.69) is 25.1 Å². The van der Waals surface area contributed by atoms with Gasteiger partial charge in [-0.1, -0.05) is 12.8 Å². The van der Waals surface area contributed by atoms with Crippen LogP contribution in [0.4, 0.5) is 24.7 Å². The number of nitrogens with one attached hydrogen (secondary N) is 1. The number of carbonyl (C=O) groups excluding carboxylic acids is 1. The first-order valence-electron chi connectivity index (χ1n) is 8.97. The maximum Gasteiger partial charge on any atom is 0.573 e. The van der Waals surface area contributed by atoms with Crippen LogP contribution in [0.3, 0.4) is 0 Å². The van der Waals surface area contributed by atoms with Gasteiger partial charge in [-0.15, -0.1) is 13.2 Å². The summed E-state index contributed by atoms with van der Waals surface area (Å²) in [5.41, 5.74) is 6.81. The Hall–Kier alpha value is -3.37. The van der Waals surface area contributed by atoms with Gasteiger partial charge in [-0.25, -0.2) is 14.6 Å². The first-order valence-corrected chi connectivity index (χ1v) is 8.97. The highest BCUT2D eigenvalue weighted by Gasteiger charge is 2.31. The summed E-state index contributed by atoms with van der Waals surface area (Å²) in [4.78, 5) is 21.0. The fourth-order valence-corrected chi connectivity index (χ4v) is 3.49. The van der Waals surface area contributed by atoms with E-state index in [4.69, 9.17) is 5.73 Å². The van der Waals surface area contributed by atoms with Crippen LogP contribution in [-0.2, 0) is 0 Å². The predicted molar refractivity (Wildman–Crippen MR) is 98.3 cm³/mol. The Morgan fingerprint density at radius 3 is 2.52 bits per heavy atom. The number of aromatic nitrogens is 4. The minimum absolute atomic E-state index is 0.0700. The second kappa shape index (κ2) is 7.22. The Labute approximate surface area is 162 Å². The molecule has 11 heteroatoms. The third kappa shape index (κ3) is 3.93. The molecule has 3 N–H and O–H groups in total. The Kier molecular flexibility index (Phi) is 4.73. The monoisotopic (exact) mass is 406 g/mol. The Bertz CT molecular complexity index is 1040. The van der Waals surface area contributed by atoms with Crippen molar-refractivity contribution in [1.82, 2.24) is 19.7 Å². The standard InChI is InChI=1S/C18H17F3N6O2/c19-18(20,21)29-12-7-5-10(6-8-12)25-17(28)14-13-15(22)23-9-24-16(13)27(26-14)11-3-1-2-4-11/h5-9,11H,1-4H2,(H,25,28)(H2,22,23,24). The first kappa shape index (κ1) is 19.0. The van der Waals surface area contributed by atoms with Crippen LogP contribution in [0, 0.1) is 0 Å². The molecule has 29 heavy (non-hydrogen) atoms. The van der Waals surface area contributed by atoms with Gasteiger partial charge in [-0.3, -0.25) is 4.79 Å². The summed E-state index contributed by atoms with van der Waals surface area (Å²) in [5, 5.41) is 7.41. The van der Waals surface area contributed by atoms with E-state index >= 15 is 0 Å². The van der Waals surface area contributed by atoms with Crippen molar-refractivity contribution in [2.24, 2.45) is 0 Å². The lowest BCUT2D eigenvalue weighted by Crippen LogP contribution is -2.17. The third-order valence-electron chi connectivity index (χ3n) is 4.75. The molecule has 1 fully saturated rings. The number of amides is 1. The van der Waals surface area contributed by atoms with Crippen molar-refractivity contribution in [3.8, 4) is 5.75 Å². The molecule has 2 aromatic heterocycles. The maximum atomic E-state index is 12.8. The predicted octanol–water partition coefficient (Wildman–Crippen LogP) is 3.67. The van der Waals surface area contributed by atoms with E-state index in [0.717, 1.165) is 37.8 Å². The van der Waals surface area contributed by atoms with Gasteiger partial charge in [-0.2, -0.15) is 5.10 Å². The third-order valence-corrected chi connectivity index (χ3v) is 4.75. The number of rotatable bonds is 4. The molecule has 4 rings (SSSR count). The summed E-state index contributed by atoms with van der Waals surface area (Å²) in [7, 11) is 0. The molecular weight excluding hydrogens is 389 g/mol. The van der Waals surface area contributed by atoms with E-state index in [9.17, 15) is 18.0 Å². The maximum absolute atomic E-state index is 12.8. The summed E-state index contributed by atoms with van der Waals surface area (Å²) in [6.45, 7) is 0. The van der Waals surface area contributed by atoms with Gasteiger partial charge >= 0.3 is 6.36 Å². The minimum Gasteiger partial charge on any atom is -0.406 e. The molecule has 0 saturated heterocycles. The number of carbonyl (C=O) groups is 1. The molecule has 2 heterocycles. The van der Waals surface area contributed by atoms with E-state index in [1.54, 1.807) is 4.68 Å². The molecule has 0 spiro atoms. The fourth-order valence-electron chi connectivity index (χ4n) is 3.49. The highest BCUT2D eigenvalue weighted by molar-refractivity contribution is 6.13. The molecule has 3 aromatic rings. The highest BCUT2D eigenvalue weighted by atomic mass is 19.4. The first-order chi connectivity index (χ1) is 13.8. The molecule has 0 unspecified atom stereocenters. The van der Waals surface area contributed by atoms with Crippen molar-refractivity contribution in [3.63, 3.8) is 0 Å². The number of fused-ring (bicyclic) bond motifs is 1. The van der Waals surface area contributed by atoms with E-state index in [-0.39, 0.29) is 29.0 Å². The lowest BCUT2D eigenvalue weighted by molar-refractivity contribution is -0.274. The fraction of sp³-hybridized carbons (Fsp3) is 0.333. The van der Waals surface area contributed by atoms with Crippen molar-refractivity contribution in [1.29, 1.82) is 0 Å². The molecule has 0 bridgehead atoms. The number of alkyl halides is 3. The average molecular weight is 406 g/mol. The second-order valence-electron chi connectivity index (χ2n) is 6.72. The van der Waals surface area contributed by atoms with Crippen LogP contribution >= 0.6 is 0 Å². The van der Waals surface area contributed by atoms with Gasteiger partial charge in [0, 0.05) is 5.69 Å². The molecule has 1 amide bonds. The summed E-state index contributed by atoms with van der Waals surface area (Å²) in [5.74, 6) is -0.805. The van der Waals surface area contributed by atoms with E-state index in [1.165, 1.54) is 18.5 Å². The number of nitrogen functional groups attached to an aromatic ring is 1. The van der Waals surface area contributed by atoms with Gasteiger partial charge in [0.05, 0.1) is 11.4 Å². The number of hydrogen-bond acceptors (Lipinski definition) is 6. The van der Waals surface area contributed by atoms with Crippen LogP contribution in [-0.4, -0.2) is 32.0 Å². The number of nitrogens with zero attached hydrogens (tertiary/aromatic N) is 4. The van der Waals surface area contributed by atoms with Crippen LogP contribution in [0.15, 0.2) is 30.6 Å². The lowest BCUT2D eigenvalue weighted by atomic mass is 10.2. The Morgan fingerprint density at radius 1 is 1.17 bits per heavy atom. The molecule has 0 atom stereocenters. The summed E-state index contributed by atoms with van der Waals surface area (Å²) < 4.78 is 42.3. The molecule has 0 radical (unpaired) electrons. The highest BCUT2D eigenvalue weighted by Crippen LogP contribution is 2.33. The lowest BCUT2D eigenvalue weighted by Gasteiger charge is -2.10. The number of benzene rings is 1. The van der Waals surface area contributed by atoms with E-state index in [0.29, 0.717) is 11.0 Å². The average Bonchev–Trinajstić information content (AvgIpc) is 3.30. The zero-order valence-electron chi connectivity index (χ0n) is 15.1. The van der Waals surface area contributed by atoms with Crippen LogP contribution in [0.5, 0.6) is 5.75 Å². The molecule has 1 aliphatic rings. The molecular formula is C18H17F3N6O2. The van der Waals surface area contributed by atoms with Crippen molar-refractivity contribution in [2.75, 3.05) is 11.1 Å². The van der Waals surface area contributed by atoms with Crippen LogP contribution in [0.25, 0.3) is 11.0 Å². The quantitative estimate of drug-likeness (QED) is 0.684. The Morgan fingerprint density at radius 2 is 1.86 bits per heavy atom. The van der Waals surface area contributed by atoms with Crippen molar-refractivity contribution < 1.29 is 22.7 Å². The van der Waals surface area contributed by atoms with Crippen LogP contribution in [0.2, 0.25) is 0 Å². The van der Waals surface area contributed by atoms with Crippen molar-refractivity contribution in [2.45, 2.75) is 38.1 Å². The summed E-state index contributed by atoms with van der Waals surface area (Å²) in [6.07, 6.45) is 0.548. The molecule has 1 saturated carbocycles. The van der Waals surface area contributed by atoms with Gasteiger partial charge in [0.2, 0.25) is 0 Å². The van der Waals surface area contributed by atoms with Gasteiger partial charge in [0.25, 0.3) is 5.91 Å². The van der Waals surface area contributed by atoms with Crippen LogP contribution in [0.1, 0.15) is 42.2 Å². The topological polar surface area (TPSA) is 108 Å². The summed E-state index contributed by atoms with van der Waals surface area (Å²) in [6, 6.07) is 4.95. The van der Waals surface area contributed by atoms with Gasteiger partial charge in [-0.05, 0) is 37.1 Å². The zero-order chi connectivity index (χ0) is 20.6. The number of anilines is 2. The normalized spacial score (nSPS) is 15.0. The minimum atomic E-state index is -4.78. The molecule has 152 valence electrons.